The number of amides is 3. The number of hydrogen-bond acceptors (Lipinski definition) is 2. The van der Waals surface area contributed by atoms with Gasteiger partial charge in [0, 0.05) is 38.6 Å². The number of rotatable bonds is 4. The van der Waals surface area contributed by atoms with Crippen molar-refractivity contribution in [2.75, 3.05) is 32.7 Å². The topological polar surface area (TPSA) is 52.7 Å². The van der Waals surface area contributed by atoms with E-state index in [4.69, 9.17) is 0 Å². The number of nitrogens with one attached hydrogen (secondary N) is 1. The molecule has 0 aromatic heterocycles. The molecule has 0 aliphatic carbocycles. The van der Waals surface area contributed by atoms with E-state index in [-0.39, 0.29) is 17.9 Å². The summed E-state index contributed by atoms with van der Waals surface area (Å²) in [6, 6.07) is -0.0220. The summed E-state index contributed by atoms with van der Waals surface area (Å²) in [4.78, 5) is 27.4. The van der Waals surface area contributed by atoms with Crippen molar-refractivity contribution in [3.05, 3.63) is 0 Å². The highest BCUT2D eigenvalue weighted by Crippen LogP contribution is 2.12. The first-order chi connectivity index (χ1) is 8.60. The Morgan fingerprint density at radius 2 is 1.67 bits per heavy atom. The number of carbonyl (C=O) groups is 2. The summed E-state index contributed by atoms with van der Waals surface area (Å²) in [5.41, 5.74) is 0. The van der Waals surface area contributed by atoms with E-state index >= 15 is 0 Å². The predicted octanol–water partition coefficient (Wildman–Crippen LogP) is 1.30. The van der Waals surface area contributed by atoms with Gasteiger partial charge in [-0.1, -0.05) is 20.3 Å². The summed E-state index contributed by atoms with van der Waals surface area (Å²) in [7, 11) is 0. The van der Waals surface area contributed by atoms with Crippen molar-refractivity contribution in [3.63, 3.8) is 0 Å². The third-order valence-corrected chi connectivity index (χ3v) is 3.35. The Bertz CT molecular complexity index is 286. The van der Waals surface area contributed by atoms with E-state index in [2.05, 4.69) is 12.2 Å². The molecule has 3 amide bonds. The summed E-state index contributed by atoms with van der Waals surface area (Å²) in [5, 5.41) is 2.79. The molecule has 1 rings (SSSR count). The van der Waals surface area contributed by atoms with Crippen molar-refractivity contribution in [1.82, 2.24) is 15.1 Å². The highest BCUT2D eigenvalue weighted by molar-refractivity contribution is 5.79. The number of hydrogen-bond donors (Lipinski definition) is 1. The van der Waals surface area contributed by atoms with Gasteiger partial charge in [-0.2, -0.15) is 0 Å². The second kappa shape index (κ2) is 7.24. The first kappa shape index (κ1) is 14.8. The molecule has 1 unspecified atom stereocenters. The molecule has 5 nitrogen and oxygen atoms in total. The van der Waals surface area contributed by atoms with Gasteiger partial charge in [-0.3, -0.25) is 4.79 Å². The van der Waals surface area contributed by atoms with Crippen molar-refractivity contribution in [2.45, 2.75) is 33.6 Å². The maximum atomic E-state index is 12.1. The Morgan fingerprint density at radius 3 is 2.17 bits per heavy atom. The Labute approximate surface area is 110 Å². The van der Waals surface area contributed by atoms with Gasteiger partial charge in [0.05, 0.1) is 0 Å². The average molecular weight is 255 g/mol. The van der Waals surface area contributed by atoms with Crippen molar-refractivity contribution in [3.8, 4) is 0 Å². The largest absolute Gasteiger partial charge is 0.339 e. The summed E-state index contributed by atoms with van der Waals surface area (Å²) in [5.74, 6) is 0.332. The molecule has 1 aliphatic heterocycles. The molecule has 0 aromatic carbocycles. The van der Waals surface area contributed by atoms with Gasteiger partial charge in [0.2, 0.25) is 5.91 Å². The van der Waals surface area contributed by atoms with Gasteiger partial charge in [-0.25, -0.2) is 4.79 Å². The third kappa shape index (κ3) is 3.89. The van der Waals surface area contributed by atoms with Crippen molar-refractivity contribution < 1.29 is 9.59 Å². The second-order valence-electron chi connectivity index (χ2n) is 4.84. The molecule has 0 aromatic rings. The minimum Gasteiger partial charge on any atom is -0.339 e. The number of carbonyl (C=O) groups excluding carboxylic acids is 2. The van der Waals surface area contributed by atoms with Crippen LogP contribution in [-0.2, 0) is 4.79 Å². The van der Waals surface area contributed by atoms with E-state index in [0.29, 0.717) is 32.7 Å². The maximum absolute atomic E-state index is 12.1. The zero-order valence-corrected chi connectivity index (χ0v) is 11.7. The van der Waals surface area contributed by atoms with Crippen LogP contribution in [0.15, 0.2) is 0 Å². The molecule has 1 fully saturated rings. The third-order valence-electron chi connectivity index (χ3n) is 3.35. The lowest BCUT2D eigenvalue weighted by Gasteiger charge is -2.35. The van der Waals surface area contributed by atoms with Gasteiger partial charge in [-0.15, -0.1) is 0 Å². The summed E-state index contributed by atoms with van der Waals surface area (Å²) in [6.07, 6.45) is 1.97. The van der Waals surface area contributed by atoms with E-state index in [1.54, 1.807) is 4.90 Å². The van der Waals surface area contributed by atoms with Gasteiger partial charge in [-0.05, 0) is 13.3 Å². The quantitative estimate of drug-likeness (QED) is 0.823. The highest BCUT2D eigenvalue weighted by atomic mass is 16.2. The van der Waals surface area contributed by atoms with Gasteiger partial charge in [0.15, 0.2) is 0 Å². The van der Waals surface area contributed by atoms with Crippen LogP contribution in [0.25, 0.3) is 0 Å². The molecule has 1 heterocycles. The van der Waals surface area contributed by atoms with Gasteiger partial charge < -0.3 is 15.1 Å². The zero-order valence-electron chi connectivity index (χ0n) is 11.7. The molecule has 1 saturated heterocycles. The van der Waals surface area contributed by atoms with Crippen LogP contribution in [-0.4, -0.2) is 54.5 Å². The summed E-state index contributed by atoms with van der Waals surface area (Å²) in [6.45, 7) is 9.22. The van der Waals surface area contributed by atoms with Crippen LogP contribution in [0.2, 0.25) is 0 Å². The minimum absolute atomic E-state index is 0.0220. The van der Waals surface area contributed by atoms with Crippen molar-refractivity contribution in [2.24, 2.45) is 5.92 Å². The average Bonchev–Trinajstić information content (AvgIpc) is 2.38. The predicted molar refractivity (Wildman–Crippen MR) is 71.3 cm³/mol. The number of piperazine rings is 1. The smallest absolute Gasteiger partial charge is 0.317 e. The molecule has 0 bridgehead atoms. The lowest BCUT2D eigenvalue weighted by atomic mass is 10.0. The lowest BCUT2D eigenvalue weighted by molar-refractivity contribution is -0.136. The molecule has 1 aliphatic rings. The highest BCUT2D eigenvalue weighted by Gasteiger charge is 2.26. The molecular weight excluding hydrogens is 230 g/mol. The second-order valence-corrected chi connectivity index (χ2v) is 4.84. The van der Waals surface area contributed by atoms with Gasteiger partial charge in [0.1, 0.15) is 0 Å². The Balaban J connectivity index is 2.39. The fourth-order valence-corrected chi connectivity index (χ4v) is 2.26. The molecule has 1 N–H and O–H groups in total. The molecule has 18 heavy (non-hydrogen) atoms. The Hall–Kier alpha value is -1.26. The standard InChI is InChI=1S/C13H25N3O2/c1-4-6-11(3)12(17)15-7-9-16(10-8-15)13(18)14-5-2/h11H,4-10H2,1-3H3,(H,14,18). The number of nitrogens with zero attached hydrogens (tertiary/aromatic N) is 2. The van der Waals surface area contributed by atoms with Crippen LogP contribution in [0, 0.1) is 5.92 Å². The SMILES string of the molecule is CCCC(C)C(=O)N1CCN(C(=O)NCC)CC1. The molecule has 1 atom stereocenters. The molecule has 0 saturated carbocycles. The van der Waals surface area contributed by atoms with Crippen LogP contribution in [0.4, 0.5) is 4.79 Å². The van der Waals surface area contributed by atoms with Crippen LogP contribution < -0.4 is 5.32 Å². The number of urea groups is 1. The fraction of sp³-hybridized carbons (Fsp3) is 0.846. The van der Waals surface area contributed by atoms with Crippen molar-refractivity contribution >= 4 is 11.9 Å². The monoisotopic (exact) mass is 255 g/mol. The first-order valence-electron chi connectivity index (χ1n) is 6.91. The first-order valence-corrected chi connectivity index (χ1v) is 6.91. The molecular formula is C13H25N3O2. The minimum atomic E-state index is -0.0220. The summed E-state index contributed by atoms with van der Waals surface area (Å²) < 4.78 is 0. The van der Waals surface area contributed by atoms with E-state index in [9.17, 15) is 9.59 Å². The molecule has 0 radical (unpaired) electrons. The van der Waals surface area contributed by atoms with Crippen LogP contribution in [0.1, 0.15) is 33.6 Å². The Kier molecular flexibility index (Phi) is 5.95. The van der Waals surface area contributed by atoms with Gasteiger partial charge in [0.25, 0.3) is 0 Å². The van der Waals surface area contributed by atoms with Gasteiger partial charge >= 0.3 is 6.03 Å². The van der Waals surface area contributed by atoms with Crippen LogP contribution in [0.3, 0.4) is 0 Å². The fourth-order valence-electron chi connectivity index (χ4n) is 2.26. The van der Waals surface area contributed by atoms with Crippen molar-refractivity contribution in [1.29, 1.82) is 0 Å². The maximum Gasteiger partial charge on any atom is 0.317 e. The molecule has 104 valence electrons. The normalized spacial score (nSPS) is 17.5. The van der Waals surface area contributed by atoms with E-state index in [1.807, 2.05) is 18.7 Å². The van der Waals surface area contributed by atoms with Crippen LogP contribution in [0.5, 0.6) is 0 Å². The zero-order chi connectivity index (χ0) is 13.5. The molecule has 0 spiro atoms. The van der Waals surface area contributed by atoms with Crippen LogP contribution >= 0.6 is 0 Å². The molecule has 5 heteroatoms. The summed E-state index contributed by atoms with van der Waals surface area (Å²) >= 11 is 0. The van der Waals surface area contributed by atoms with E-state index < -0.39 is 0 Å². The Morgan fingerprint density at radius 1 is 1.11 bits per heavy atom. The van der Waals surface area contributed by atoms with E-state index in [1.165, 1.54) is 0 Å². The van der Waals surface area contributed by atoms with E-state index in [0.717, 1.165) is 12.8 Å². The lowest BCUT2D eigenvalue weighted by Crippen LogP contribution is -2.54.